The van der Waals surface area contributed by atoms with Gasteiger partial charge in [-0.1, -0.05) is 36.4 Å². The maximum absolute atomic E-state index is 4.66. The van der Waals surface area contributed by atoms with Crippen LogP contribution in [0.2, 0.25) is 0 Å². The average molecular weight is 318 g/mol. The lowest BCUT2D eigenvalue weighted by atomic mass is 9.93. The summed E-state index contributed by atoms with van der Waals surface area (Å²) >= 11 is 0. The number of anilines is 1. The highest BCUT2D eigenvalue weighted by Crippen LogP contribution is 2.32. The van der Waals surface area contributed by atoms with Gasteiger partial charge in [0, 0.05) is 17.0 Å². The molecule has 0 spiro atoms. The van der Waals surface area contributed by atoms with Crippen molar-refractivity contribution in [3.8, 4) is 0 Å². The van der Waals surface area contributed by atoms with E-state index >= 15 is 0 Å². The quantitative estimate of drug-likeness (QED) is 0.786. The second-order valence-corrected chi connectivity index (χ2v) is 6.44. The molecule has 24 heavy (non-hydrogen) atoms. The summed E-state index contributed by atoms with van der Waals surface area (Å²) in [5.41, 5.74) is 5.00. The zero-order chi connectivity index (χ0) is 16.4. The molecule has 2 aromatic heterocycles. The topological polar surface area (TPSA) is 42.7 Å². The Hall–Kier alpha value is -2.62. The Morgan fingerprint density at radius 1 is 1.12 bits per heavy atom. The fourth-order valence-corrected chi connectivity index (χ4v) is 3.46. The van der Waals surface area contributed by atoms with E-state index in [9.17, 15) is 0 Å². The zero-order valence-corrected chi connectivity index (χ0v) is 13.9. The summed E-state index contributed by atoms with van der Waals surface area (Å²) in [6.45, 7) is 2.86. The first-order valence-electron chi connectivity index (χ1n) is 8.58. The molecule has 0 fully saturated rings. The number of nitrogens with zero attached hydrogens (tertiary/aromatic N) is 3. The first kappa shape index (κ1) is 14.9. The number of hydrogen-bond donors (Lipinski definition) is 1. The molecule has 3 aromatic rings. The van der Waals surface area contributed by atoms with Crippen molar-refractivity contribution in [3.63, 3.8) is 0 Å². The minimum Gasteiger partial charge on any atom is -0.363 e. The number of aromatic nitrogens is 3. The van der Waals surface area contributed by atoms with Gasteiger partial charge in [0.05, 0.1) is 18.8 Å². The number of fused-ring (bicyclic) bond motifs is 1. The number of benzene rings is 1. The van der Waals surface area contributed by atoms with Gasteiger partial charge in [0.2, 0.25) is 0 Å². The Balaban J connectivity index is 1.57. The lowest BCUT2D eigenvalue weighted by Gasteiger charge is -2.25. The molecule has 0 aliphatic heterocycles. The van der Waals surface area contributed by atoms with Crippen molar-refractivity contribution in [2.45, 2.75) is 38.8 Å². The van der Waals surface area contributed by atoms with E-state index in [0.717, 1.165) is 30.9 Å². The van der Waals surface area contributed by atoms with E-state index in [1.807, 2.05) is 31.3 Å². The van der Waals surface area contributed by atoms with Crippen molar-refractivity contribution >= 4 is 5.82 Å². The van der Waals surface area contributed by atoms with E-state index in [1.54, 1.807) is 0 Å². The summed E-state index contributed by atoms with van der Waals surface area (Å²) in [6, 6.07) is 16.9. The van der Waals surface area contributed by atoms with Crippen molar-refractivity contribution in [2.24, 2.45) is 0 Å². The predicted molar refractivity (Wildman–Crippen MR) is 96.0 cm³/mol. The van der Waals surface area contributed by atoms with Crippen LogP contribution in [0.3, 0.4) is 0 Å². The van der Waals surface area contributed by atoms with Crippen LogP contribution in [0.5, 0.6) is 0 Å². The van der Waals surface area contributed by atoms with Gasteiger partial charge in [-0.3, -0.25) is 4.68 Å². The molecular weight excluding hydrogens is 296 g/mol. The molecule has 1 atom stereocenters. The van der Waals surface area contributed by atoms with Crippen LogP contribution in [0.4, 0.5) is 5.82 Å². The van der Waals surface area contributed by atoms with E-state index in [-0.39, 0.29) is 0 Å². The smallest absolute Gasteiger partial charge is 0.126 e. The molecule has 1 aromatic carbocycles. The maximum atomic E-state index is 4.66. The van der Waals surface area contributed by atoms with Crippen LogP contribution in [-0.2, 0) is 13.0 Å². The molecular formula is C20H22N4. The summed E-state index contributed by atoms with van der Waals surface area (Å²) in [5, 5.41) is 8.25. The molecule has 4 heteroatoms. The fraction of sp³-hybridized carbons (Fsp3) is 0.300. The normalized spacial score (nSPS) is 16.6. The van der Waals surface area contributed by atoms with Gasteiger partial charge in [0.1, 0.15) is 5.82 Å². The maximum Gasteiger partial charge on any atom is 0.126 e. The molecule has 4 nitrogen and oxygen atoms in total. The molecule has 4 rings (SSSR count). The van der Waals surface area contributed by atoms with Crippen molar-refractivity contribution in [2.75, 3.05) is 5.32 Å². The third kappa shape index (κ3) is 3.04. The molecule has 1 aliphatic carbocycles. The third-order valence-electron chi connectivity index (χ3n) is 4.65. The lowest BCUT2D eigenvalue weighted by molar-refractivity contribution is 0.555. The van der Waals surface area contributed by atoms with Crippen molar-refractivity contribution in [3.05, 3.63) is 77.2 Å². The summed E-state index contributed by atoms with van der Waals surface area (Å²) in [5.74, 6) is 0.948. The summed E-state index contributed by atoms with van der Waals surface area (Å²) < 4.78 is 2.15. The largest absolute Gasteiger partial charge is 0.363 e. The van der Waals surface area contributed by atoms with Gasteiger partial charge in [0.25, 0.3) is 0 Å². The second kappa shape index (κ2) is 6.48. The molecule has 0 radical (unpaired) electrons. The van der Waals surface area contributed by atoms with Gasteiger partial charge >= 0.3 is 0 Å². The van der Waals surface area contributed by atoms with Crippen LogP contribution in [0.1, 0.15) is 41.4 Å². The number of hydrogen-bond acceptors (Lipinski definition) is 3. The molecule has 0 bridgehead atoms. The third-order valence-corrected chi connectivity index (χ3v) is 4.65. The standard InChI is InChI=1S/C20H22N4/c1-15-7-5-12-20(22-15)23-18-10-6-11-19-17(18)13-21-24(19)14-16-8-3-2-4-9-16/h2-5,7-9,12-13,18H,6,10-11,14H2,1H3,(H,22,23). The molecule has 1 N–H and O–H groups in total. The van der Waals surface area contributed by atoms with Crippen LogP contribution in [0.15, 0.2) is 54.7 Å². The summed E-state index contributed by atoms with van der Waals surface area (Å²) in [4.78, 5) is 4.58. The van der Waals surface area contributed by atoms with Gasteiger partial charge in [-0.15, -0.1) is 0 Å². The Morgan fingerprint density at radius 3 is 2.83 bits per heavy atom. The first-order chi connectivity index (χ1) is 11.8. The Kier molecular flexibility index (Phi) is 4.03. The minimum atomic E-state index is 0.299. The van der Waals surface area contributed by atoms with E-state index in [4.69, 9.17) is 0 Å². The van der Waals surface area contributed by atoms with Gasteiger partial charge in [-0.05, 0) is 43.9 Å². The van der Waals surface area contributed by atoms with Crippen molar-refractivity contribution in [1.82, 2.24) is 14.8 Å². The zero-order valence-electron chi connectivity index (χ0n) is 13.9. The first-order valence-corrected chi connectivity index (χ1v) is 8.58. The SMILES string of the molecule is Cc1cccc(NC2CCCc3c2cnn3Cc2ccccc2)n1. The lowest BCUT2D eigenvalue weighted by Crippen LogP contribution is -2.19. The van der Waals surface area contributed by atoms with E-state index < -0.39 is 0 Å². The van der Waals surface area contributed by atoms with Gasteiger partial charge in [-0.25, -0.2) is 4.98 Å². The summed E-state index contributed by atoms with van der Waals surface area (Å²) in [6.07, 6.45) is 5.43. The highest BCUT2D eigenvalue weighted by Gasteiger charge is 2.24. The molecule has 2 heterocycles. The van der Waals surface area contributed by atoms with Crippen LogP contribution < -0.4 is 5.32 Å². The van der Waals surface area contributed by atoms with Crippen LogP contribution >= 0.6 is 0 Å². The number of aryl methyl sites for hydroxylation is 1. The fourth-order valence-electron chi connectivity index (χ4n) is 3.46. The van der Waals surface area contributed by atoms with Crippen LogP contribution in [-0.4, -0.2) is 14.8 Å². The molecule has 1 unspecified atom stereocenters. The molecule has 0 saturated heterocycles. The molecule has 0 amide bonds. The van der Waals surface area contributed by atoms with Crippen LogP contribution in [0.25, 0.3) is 0 Å². The van der Waals surface area contributed by atoms with Gasteiger partial charge < -0.3 is 5.32 Å². The second-order valence-electron chi connectivity index (χ2n) is 6.44. The summed E-state index contributed by atoms with van der Waals surface area (Å²) in [7, 11) is 0. The van der Waals surface area contributed by atoms with Crippen molar-refractivity contribution in [1.29, 1.82) is 0 Å². The average Bonchev–Trinajstić information content (AvgIpc) is 3.00. The van der Waals surface area contributed by atoms with Gasteiger partial charge in [-0.2, -0.15) is 5.10 Å². The number of rotatable bonds is 4. The Labute approximate surface area is 142 Å². The predicted octanol–water partition coefficient (Wildman–Crippen LogP) is 4.12. The molecule has 1 aliphatic rings. The molecule has 0 saturated carbocycles. The number of nitrogens with one attached hydrogen (secondary N) is 1. The van der Waals surface area contributed by atoms with Crippen LogP contribution in [0, 0.1) is 6.92 Å². The monoisotopic (exact) mass is 318 g/mol. The minimum absolute atomic E-state index is 0.299. The van der Waals surface area contributed by atoms with Gasteiger partial charge in [0.15, 0.2) is 0 Å². The van der Waals surface area contributed by atoms with E-state index in [2.05, 4.69) is 50.4 Å². The van der Waals surface area contributed by atoms with Crippen molar-refractivity contribution < 1.29 is 0 Å². The number of pyridine rings is 1. The van der Waals surface area contributed by atoms with E-state index in [0.29, 0.717) is 6.04 Å². The van der Waals surface area contributed by atoms with E-state index in [1.165, 1.54) is 23.2 Å². The Morgan fingerprint density at radius 2 is 2.00 bits per heavy atom. The Bertz CT molecular complexity index is 823. The highest BCUT2D eigenvalue weighted by atomic mass is 15.3. The molecule has 122 valence electrons. The highest BCUT2D eigenvalue weighted by molar-refractivity contribution is 5.40.